The van der Waals surface area contributed by atoms with Crippen LogP contribution in [0, 0.1) is 5.92 Å². The number of hydrogen-bond donors (Lipinski definition) is 1. The highest BCUT2D eigenvalue weighted by molar-refractivity contribution is 7.89. The maximum absolute atomic E-state index is 12.9. The van der Waals surface area contributed by atoms with E-state index in [4.69, 9.17) is 0 Å². The summed E-state index contributed by atoms with van der Waals surface area (Å²) in [6, 6.07) is 4.35. The molecule has 2 saturated heterocycles. The summed E-state index contributed by atoms with van der Waals surface area (Å²) in [7, 11) is -3.70. The number of piperazine rings is 1. The molecule has 1 amide bonds. The van der Waals surface area contributed by atoms with E-state index in [1.54, 1.807) is 11.0 Å². The second-order valence-electron chi connectivity index (χ2n) is 7.92. The molecule has 29 heavy (non-hydrogen) atoms. The third-order valence-electron chi connectivity index (χ3n) is 5.58. The Kier molecular flexibility index (Phi) is 6.48. The van der Waals surface area contributed by atoms with Gasteiger partial charge in [-0.1, -0.05) is 20.3 Å². The summed E-state index contributed by atoms with van der Waals surface area (Å²) in [6.07, 6.45) is 2.65. The number of amides is 1. The zero-order valence-corrected chi connectivity index (χ0v) is 17.8. The number of hydrogen-bond acceptors (Lipinski definition) is 5. The molecule has 1 N–H and O–H groups in total. The minimum Gasteiger partial charge on any atom is -0.478 e. The fourth-order valence-corrected chi connectivity index (χ4v) is 5.45. The molecule has 2 aliphatic rings. The van der Waals surface area contributed by atoms with Crippen molar-refractivity contribution in [2.45, 2.75) is 38.0 Å². The van der Waals surface area contributed by atoms with Gasteiger partial charge in [0.1, 0.15) is 0 Å². The fraction of sp³-hybridized carbons (Fsp3) is 0.600. The van der Waals surface area contributed by atoms with Gasteiger partial charge >= 0.3 is 5.97 Å². The number of nitrogens with zero attached hydrogens (tertiary/aromatic N) is 3. The van der Waals surface area contributed by atoms with Gasteiger partial charge < -0.3 is 14.9 Å². The second-order valence-corrected chi connectivity index (χ2v) is 9.85. The van der Waals surface area contributed by atoms with Crippen LogP contribution in [0.25, 0.3) is 0 Å². The maximum Gasteiger partial charge on any atom is 0.337 e. The number of piperidine rings is 1. The molecule has 8 nitrogen and oxygen atoms in total. The Labute approximate surface area is 172 Å². The van der Waals surface area contributed by atoms with E-state index in [9.17, 15) is 23.1 Å². The first-order valence-corrected chi connectivity index (χ1v) is 11.6. The quantitative estimate of drug-likeness (QED) is 0.776. The maximum atomic E-state index is 12.9. The molecule has 0 unspecified atom stereocenters. The van der Waals surface area contributed by atoms with Crippen LogP contribution in [0.4, 0.5) is 5.69 Å². The van der Waals surface area contributed by atoms with Gasteiger partial charge in [-0.05, 0) is 31.0 Å². The van der Waals surface area contributed by atoms with Gasteiger partial charge in [0.05, 0.1) is 16.1 Å². The van der Waals surface area contributed by atoms with E-state index in [0.29, 0.717) is 45.0 Å². The Hall–Kier alpha value is -2.13. The van der Waals surface area contributed by atoms with Gasteiger partial charge in [-0.2, -0.15) is 4.31 Å². The highest BCUT2D eigenvalue weighted by Crippen LogP contribution is 2.28. The Morgan fingerprint density at radius 1 is 0.966 bits per heavy atom. The van der Waals surface area contributed by atoms with E-state index in [-0.39, 0.29) is 22.3 Å². The lowest BCUT2D eigenvalue weighted by atomic mass is 10.1. The van der Waals surface area contributed by atoms with E-state index in [2.05, 4.69) is 0 Å². The zero-order chi connectivity index (χ0) is 21.2. The summed E-state index contributed by atoms with van der Waals surface area (Å²) in [5.74, 6) is -1.14. The molecule has 0 atom stereocenters. The predicted octanol–water partition coefficient (Wildman–Crippen LogP) is 1.86. The number of carboxylic acid groups (broad SMARTS) is 1. The monoisotopic (exact) mass is 423 g/mol. The highest BCUT2D eigenvalue weighted by Gasteiger charge is 2.29. The van der Waals surface area contributed by atoms with Crippen molar-refractivity contribution < 1.29 is 23.1 Å². The standard InChI is InChI=1S/C20H29N3O5S/c1-15(2)19(24)22-12-10-21(11-13-22)18-7-6-16(14-17(18)20(25)26)29(27,28)23-8-4-3-5-9-23/h6-7,14-15H,3-5,8-13H2,1-2H3,(H,25,26). The molecule has 0 radical (unpaired) electrons. The van der Waals surface area contributed by atoms with Crippen LogP contribution in [-0.2, 0) is 14.8 Å². The Balaban J connectivity index is 1.82. The number of rotatable bonds is 5. The molecule has 0 bridgehead atoms. The topological polar surface area (TPSA) is 98.2 Å². The molecule has 0 spiro atoms. The first-order chi connectivity index (χ1) is 13.7. The number of benzene rings is 1. The Morgan fingerprint density at radius 2 is 1.59 bits per heavy atom. The molecule has 0 saturated carbocycles. The van der Waals surface area contributed by atoms with Crippen molar-refractivity contribution in [1.82, 2.24) is 9.21 Å². The highest BCUT2D eigenvalue weighted by atomic mass is 32.2. The average molecular weight is 424 g/mol. The minimum absolute atomic E-state index is 0.0216. The van der Waals surface area contributed by atoms with Gasteiger partial charge in [0.25, 0.3) is 0 Å². The third-order valence-corrected chi connectivity index (χ3v) is 7.47. The minimum atomic E-state index is -3.70. The normalized spacial score (nSPS) is 18.9. The van der Waals surface area contributed by atoms with Crippen molar-refractivity contribution in [3.05, 3.63) is 23.8 Å². The van der Waals surface area contributed by atoms with Crippen LogP contribution in [0.15, 0.2) is 23.1 Å². The van der Waals surface area contributed by atoms with Gasteiger partial charge in [-0.15, -0.1) is 0 Å². The SMILES string of the molecule is CC(C)C(=O)N1CCN(c2ccc(S(=O)(=O)N3CCCCC3)cc2C(=O)O)CC1. The van der Waals surface area contributed by atoms with Crippen molar-refractivity contribution in [3.63, 3.8) is 0 Å². The van der Waals surface area contributed by atoms with Gasteiger partial charge in [0, 0.05) is 45.2 Å². The van der Waals surface area contributed by atoms with Gasteiger partial charge in [-0.3, -0.25) is 4.79 Å². The number of carbonyl (C=O) groups is 2. The summed E-state index contributed by atoms with van der Waals surface area (Å²) in [4.78, 5) is 27.8. The molecular weight excluding hydrogens is 394 g/mol. The van der Waals surface area contributed by atoms with Crippen LogP contribution >= 0.6 is 0 Å². The van der Waals surface area contributed by atoms with Gasteiger partial charge in [0.15, 0.2) is 0 Å². The first-order valence-electron chi connectivity index (χ1n) is 10.1. The number of anilines is 1. The molecule has 2 heterocycles. The summed E-state index contributed by atoms with van der Waals surface area (Å²) < 4.78 is 27.3. The van der Waals surface area contributed by atoms with E-state index in [0.717, 1.165) is 19.3 Å². The summed E-state index contributed by atoms with van der Waals surface area (Å²) in [6.45, 7) is 6.72. The molecule has 0 aliphatic carbocycles. The van der Waals surface area contributed by atoms with Crippen molar-refractivity contribution in [2.24, 2.45) is 5.92 Å². The molecule has 2 aliphatic heterocycles. The molecule has 160 valence electrons. The number of carboxylic acids is 1. The van der Waals surface area contributed by atoms with Crippen LogP contribution in [0.3, 0.4) is 0 Å². The van der Waals surface area contributed by atoms with Gasteiger partial charge in [-0.25, -0.2) is 13.2 Å². The summed E-state index contributed by atoms with van der Waals surface area (Å²) in [5.41, 5.74) is 0.471. The molecular formula is C20H29N3O5S. The van der Waals surface area contributed by atoms with Crippen molar-refractivity contribution in [2.75, 3.05) is 44.2 Å². The van der Waals surface area contributed by atoms with Crippen LogP contribution in [0.2, 0.25) is 0 Å². The van der Waals surface area contributed by atoms with Crippen LogP contribution in [0.1, 0.15) is 43.5 Å². The van der Waals surface area contributed by atoms with Crippen LogP contribution in [0.5, 0.6) is 0 Å². The predicted molar refractivity (Wildman–Crippen MR) is 110 cm³/mol. The first kappa shape index (κ1) is 21.6. The molecule has 2 fully saturated rings. The lowest BCUT2D eigenvalue weighted by Gasteiger charge is -2.37. The summed E-state index contributed by atoms with van der Waals surface area (Å²) in [5, 5.41) is 9.71. The fourth-order valence-electron chi connectivity index (χ4n) is 3.91. The van der Waals surface area contributed by atoms with Crippen molar-refractivity contribution >= 4 is 27.6 Å². The lowest BCUT2D eigenvalue weighted by molar-refractivity contribution is -0.134. The molecule has 1 aromatic carbocycles. The molecule has 9 heteroatoms. The van der Waals surface area contributed by atoms with E-state index in [1.165, 1.54) is 16.4 Å². The van der Waals surface area contributed by atoms with Gasteiger partial charge in [0.2, 0.25) is 15.9 Å². The van der Waals surface area contributed by atoms with E-state index >= 15 is 0 Å². The lowest BCUT2D eigenvalue weighted by Crippen LogP contribution is -2.50. The second kappa shape index (κ2) is 8.71. The molecule has 3 rings (SSSR count). The molecule has 1 aromatic rings. The van der Waals surface area contributed by atoms with Crippen molar-refractivity contribution in [1.29, 1.82) is 0 Å². The third kappa shape index (κ3) is 4.56. The van der Waals surface area contributed by atoms with E-state index in [1.807, 2.05) is 18.7 Å². The van der Waals surface area contributed by atoms with E-state index < -0.39 is 16.0 Å². The number of carbonyl (C=O) groups excluding carboxylic acids is 1. The average Bonchev–Trinajstić information content (AvgIpc) is 2.73. The Bertz CT molecular complexity index is 870. The Morgan fingerprint density at radius 3 is 2.14 bits per heavy atom. The number of sulfonamides is 1. The van der Waals surface area contributed by atoms with Crippen LogP contribution in [-0.4, -0.2) is 73.9 Å². The molecule has 0 aromatic heterocycles. The summed E-state index contributed by atoms with van der Waals surface area (Å²) >= 11 is 0. The number of aromatic carboxylic acids is 1. The zero-order valence-electron chi connectivity index (χ0n) is 17.0. The van der Waals surface area contributed by atoms with Crippen LogP contribution < -0.4 is 4.90 Å². The smallest absolute Gasteiger partial charge is 0.337 e. The van der Waals surface area contributed by atoms with Crippen molar-refractivity contribution in [3.8, 4) is 0 Å². The largest absolute Gasteiger partial charge is 0.478 e.